The Hall–Kier alpha value is -2.25. The lowest BCUT2D eigenvalue weighted by molar-refractivity contribution is 0.241. The number of halogens is 2. The number of rotatable bonds is 6. The summed E-state index contributed by atoms with van der Waals surface area (Å²) in [7, 11) is 0. The molecule has 0 fully saturated rings. The molecular formula is C19H17BrFN3OS. The molecule has 3 rings (SSSR count). The summed E-state index contributed by atoms with van der Waals surface area (Å²) < 4.78 is 19.6. The number of hydrazone groups is 1. The van der Waals surface area contributed by atoms with E-state index in [-0.39, 0.29) is 11.9 Å². The highest BCUT2D eigenvalue weighted by atomic mass is 79.9. The van der Waals surface area contributed by atoms with Gasteiger partial charge >= 0.3 is 0 Å². The van der Waals surface area contributed by atoms with E-state index >= 15 is 0 Å². The van der Waals surface area contributed by atoms with Crippen molar-refractivity contribution in [2.24, 2.45) is 5.10 Å². The Labute approximate surface area is 163 Å². The Bertz CT molecular complexity index is 909. The average molecular weight is 434 g/mol. The van der Waals surface area contributed by atoms with Gasteiger partial charge in [-0.2, -0.15) is 5.10 Å². The number of anilines is 1. The van der Waals surface area contributed by atoms with Crippen LogP contribution in [-0.2, 0) is 0 Å². The highest BCUT2D eigenvalue weighted by Crippen LogP contribution is 2.27. The molecule has 0 saturated carbocycles. The minimum absolute atomic E-state index is 0.118. The number of nitrogens with zero attached hydrogens (tertiary/aromatic N) is 2. The molecule has 1 heterocycles. The quantitative estimate of drug-likeness (QED) is 0.386. The van der Waals surface area contributed by atoms with Crippen molar-refractivity contribution in [3.8, 4) is 17.0 Å². The van der Waals surface area contributed by atoms with Gasteiger partial charge in [0.25, 0.3) is 0 Å². The first-order valence-corrected chi connectivity index (χ1v) is 9.65. The minimum Gasteiger partial charge on any atom is -0.490 e. The van der Waals surface area contributed by atoms with Crippen LogP contribution in [-0.4, -0.2) is 17.3 Å². The summed E-state index contributed by atoms with van der Waals surface area (Å²) >= 11 is 4.94. The summed E-state index contributed by atoms with van der Waals surface area (Å²) in [6.07, 6.45) is 1.83. The summed E-state index contributed by atoms with van der Waals surface area (Å²) in [5.41, 5.74) is 5.49. The van der Waals surface area contributed by atoms with Crippen LogP contribution in [0.1, 0.15) is 19.4 Å². The first-order valence-electron chi connectivity index (χ1n) is 7.98. The van der Waals surface area contributed by atoms with Crippen LogP contribution in [0.25, 0.3) is 11.3 Å². The standard InChI is InChI=1S/C19H17BrFN3OS/c1-12(2)25-18-8-3-13(9-16(18)20)10-22-24-19-23-17(11-26-19)14-4-6-15(21)7-5-14/h3-12H,1-2H3,(H,23,24)/b22-10-. The van der Waals surface area contributed by atoms with E-state index in [9.17, 15) is 4.39 Å². The summed E-state index contributed by atoms with van der Waals surface area (Å²) in [5.74, 6) is 0.539. The van der Waals surface area contributed by atoms with Crippen LogP contribution in [0.4, 0.5) is 9.52 Å². The summed E-state index contributed by atoms with van der Waals surface area (Å²) in [6, 6.07) is 12.0. The topological polar surface area (TPSA) is 46.5 Å². The van der Waals surface area contributed by atoms with E-state index in [0.717, 1.165) is 27.0 Å². The molecule has 0 aliphatic rings. The zero-order valence-corrected chi connectivity index (χ0v) is 16.6. The second-order valence-electron chi connectivity index (χ2n) is 5.77. The number of aromatic nitrogens is 1. The molecule has 0 bridgehead atoms. The minimum atomic E-state index is -0.261. The van der Waals surface area contributed by atoms with Gasteiger partial charge in [-0.05, 0) is 77.8 Å². The van der Waals surface area contributed by atoms with Gasteiger partial charge in [0.2, 0.25) is 5.13 Å². The number of nitrogens with one attached hydrogen (secondary N) is 1. The van der Waals surface area contributed by atoms with E-state index < -0.39 is 0 Å². The van der Waals surface area contributed by atoms with Crippen LogP contribution in [0.15, 0.2) is 57.4 Å². The molecule has 0 atom stereocenters. The zero-order valence-electron chi connectivity index (χ0n) is 14.2. The van der Waals surface area contributed by atoms with Crippen LogP contribution >= 0.6 is 27.3 Å². The lowest BCUT2D eigenvalue weighted by atomic mass is 10.2. The van der Waals surface area contributed by atoms with Gasteiger partial charge in [0.15, 0.2) is 0 Å². The van der Waals surface area contributed by atoms with E-state index in [2.05, 4.69) is 31.4 Å². The van der Waals surface area contributed by atoms with E-state index in [0.29, 0.717) is 5.13 Å². The molecular weight excluding hydrogens is 417 g/mol. The van der Waals surface area contributed by atoms with Crippen LogP contribution in [0, 0.1) is 5.82 Å². The van der Waals surface area contributed by atoms with Gasteiger partial charge < -0.3 is 4.74 Å². The van der Waals surface area contributed by atoms with Crippen LogP contribution in [0.3, 0.4) is 0 Å². The Morgan fingerprint density at radius 1 is 1.23 bits per heavy atom. The van der Waals surface area contributed by atoms with Gasteiger partial charge in [-0.3, -0.25) is 5.43 Å². The number of hydrogen-bond donors (Lipinski definition) is 1. The second-order valence-corrected chi connectivity index (χ2v) is 7.48. The molecule has 26 heavy (non-hydrogen) atoms. The fourth-order valence-electron chi connectivity index (χ4n) is 2.19. The summed E-state index contributed by atoms with van der Waals surface area (Å²) in [5, 5.41) is 6.78. The molecule has 4 nitrogen and oxygen atoms in total. The molecule has 0 saturated heterocycles. The third-order valence-corrected chi connectivity index (χ3v) is 4.70. The van der Waals surface area contributed by atoms with Gasteiger partial charge in [-0.25, -0.2) is 9.37 Å². The van der Waals surface area contributed by atoms with Crippen molar-refractivity contribution in [1.82, 2.24) is 4.98 Å². The largest absolute Gasteiger partial charge is 0.490 e. The molecule has 0 radical (unpaired) electrons. The first-order chi connectivity index (χ1) is 12.5. The molecule has 0 amide bonds. The number of hydrogen-bond acceptors (Lipinski definition) is 5. The monoisotopic (exact) mass is 433 g/mol. The molecule has 3 aromatic rings. The molecule has 134 valence electrons. The SMILES string of the molecule is CC(C)Oc1ccc(/C=N\Nc2nc(-c3ccc(F)cc3)cs2)cc1Br. The molecule has 0 aliphatic carbocycles. The fraction of sp³-hybridized carbons (Fsp3) is 0.158. The van der Waals surface area contributed by atoms with Gasteiger partial charge in [-0.15, -0.1) is 11.3 Å². The molecule has 0 aliphatic heterocycles. The van der Waals surface area contributed by atoms with Gasteiger partial charge in [0, 0.05) is 10.9 Å². The van der Waals surface area contributed by atoms with Gasteiger partial charge in [0.05, 0.1) is 22.5 Å². The van der Waals surface area contributed by atoms with Crippen LogP contribution < -0.4 is 10.2 Å². The number of thiazole rings is 1. The van der Waals surface area contributed by atoms with Crippen molar-refractivity contribution in [1.29, 1.82) is 0 Å². The number of benzene rings is 2. The van der Waals surface area contributed by atoms with Crippen molar-refractivity contribution in [2.45, 2.75) is 20.0 Å². The number of ether oxygens (including phenoxy) is 1. The van der Waals surface area contributed by atoms with Crippen molar-refractivity contribution in [2.75, 3.05) is 5.43 Å². The third kappa shape index (κ3) is 4.89. The van der Waals surface area contributed by atoms with E-state index in [1.165, 1.54) is 23.5 Å². The second kappa shape index (κ2) is 8.42. The van der Waals surface area contributed by atoms with Gasteiger partial charge in [-0.1, -0.05) is 0 Å². The van der Waals surface area contributed by atoms with E-state index in [1.54, 1.807) is 18.3 Å². The lowest BCUT2D eigenvalue weighted by Crippen LogP contribution is -2.06. The van der Waals surface area contributed by atoms with Crippen molar-refractivity contribution < 1.29 is 9.13 Å². The maximum atomic E-state index is 13.0. The average Bonchev–Trinajstić information content (AvgIpc) is 3.06. The summed E-state index contributed by atoms with van der Waals surface area (Å²) in [4.78, 5) is 4.45. The predicted octanol–water partition coefficient (Wildman–Crippen LogP) is 5.94. The zero-order chi connectivity index (χ0) is 18.5. The Balaban J connectivity index is 1.64. The molecule has 7 heteroatoms. The molecule has 0 spiro atoms. The fourth-order valence-corrected chi connectivity index (χ4v) is 3.35. The predicted molar refractivity (Wildman–Crippen MR) is 109 cm³/mol. The maximum absolute atomic E-state index is 13.0. The molecule has 1 aromatic heterocycles. The van der Waals surface area contributed by atoms with Crippen molar-refractivity contribution >= 4 is 38.6 Å². The van der Waals surface area contributed by atoms with Crippen molar-refractivity contribution in [3.63, 3.8) is 0 Å². The maximum Gasteiger partial charge on any atom is 0.203 e. The highest BCUT2D eigenvalue weighted by molar-refractivity contribution is 9.10. The lowest BCUT2D eigenvalue weighted by Gasteiger charge is -2.11. The Morgan fingerprint density at radius 3 is 2.69 bits per heavy atom. The molecule has 1 N–H and O–H groups in total. The normalized spacial score (nSPS) is 11.3. The van der Waals surface area contributed by atoms with E-state index in [1.807, 2.05) is 37.4 Å². The van der Waals surface area contributed by atoms with Crippen molar-refractivity contribution in [3.05, 3.63) is 63.7 Å². The summed E-state index contributed by atoms with van der Waals surface area (Å²) in [6.45, 7) is 3.97. The highest BCUT2D eigenvalue weighted by Gasteiger charge is 2.05. The van der Waals surface area contributed by atoms with Crippen LogP contribution in [0.2, 0.25) is 0 Å². The van der Waals surface area contributed by atoms with Crippen LogP contribution in [0.5, 0.6) is 5.75 Å². The van der Waals surface area contributed by atoms with Gasteiger partial charge in [0.1, 0.15) is 11.6 Å². The smallest absolute Gasteiger partial charge is 0.203 e. The first kappa shape index (κ1) is 18.5. The molecule has 2 aromatic carbocycles. The molecule has 0 unspecified atom stereocenters. The third-order valence-electron chi connectivity index (χ3n) is 3.34. The Morgan fingerprint density at radius 2 is 2.00 bits per heavy atom. The Kier molecular flexibility index (Phi) is 6.00. The van der Waals surface area contributed by atoms with E-state index in [4.69, 9.17) is 4.74 Å².